The van der Waals surface area contributed by atoms with Crippen LogP contribution >= 0.6 is 24.0 Å². The number of thioether (sulfide) groups is 1. The summed E-state index contributed by atoms with van der Waals surface area (Å²) in [5, 5.41) is 0. The molecule has 2 heterocycles. The summed E-state index contributed by atoms with van der Waals surface area (Å²) in [7, 11) is 0. The van der Waals surface area contributed by atoms with E-state index in [1.165, 1.54) is 29.6 Å². The lowest BCUT2D eigenvalue weighted by Crippen LogP contribution is -2.50. The molecule has 0 unspecified atom stereocenters. The van der Waals surface area contributed by atoms with Gasteiger partial charge in [-0.05, 0) is 35.9 Å². The third-order valence-corrected chi connectivity index (χ3v) is 6.23. The summed E-state index contributed by atoms with van der Waals surface area (Å²) in [6, 6.07) is 16.6. The van der Waals surface area contributed by atoms with Gasteiger partial charge in [0.15, 0.2) is 0 Å². The van der Waals surface area contributed by atoms with E-state index in [4.69, 9.17) is 12.2 Å². The standard InChI is InChI=1S/C21H20FN3OS2/c22-17-6-4-5-16(13-17)14-19-20(26)25(21(27)28-19)15-23-9-11-24(12-10-23)18-7-2-1-3-8-18/h1-8,13-14H,9-12,15H2/b19-14-. The lowest BCUT2D eigenvalue weighted by molar-refractivity contribution is -0.123. The van der Waals surface area contributed by atoms with Gasteiger partial charge in [-0.3, -0.25) is 14.6 Å². The number of anilines is 1. The molecule has 2 aliphatic heterocycles. The quantitative estimate of drug-likeness (QED) is 0.561. The molecule has 4 rings (SSSR count). The van der Waals surface area contributed by atoms with E-state index in [-0.39, 0.29) is 11.7 Å². The first-order chi connectivity index (χ1) is 13.6. The van der Waals surface area contributed by atoms with Crippen molar-refractivity contribution in [2.75, 3.05) is 37.7 Å². The van der Waals surface area contributed by atoms with Crippen LogP contribution < -0.4 is 4.90 Å². The van der Waals surface area contributed by atoms with Crippen LogP contribution in [0.3, 0.4) is 0 Å². The molecule has 0 bridgehead atoms. The number of piperazine rings is 1. The van der Waals surface area contributed by atoms with Crippen molar-refractivity contribution in [2.24, 2.45) is 0 Å². The van der Waals surface area contributed by atoms with Gasteiger partial charge in [0.2, 0.25) is 0 Å². The van der Waals surface area contributed by atoms with Gasteiger partial charge in [-0.2, -0.15) is 0 Å². The molecule has 0 radical (unpaired) electrons. The molecule has 28 heavy (non-hydrogen) atoms. The van der Waals surface area contributed by atoms with E-state index in [0.717, 1.165) is 26.2 Å². The summed E-state index contributed by atoms with van der Waals surface area (Å²) in [4.78, 5) is 19.6. The summed E-state index contributed by atoms with van der Waals surface area (Å²) in [6.45, 7) is 4.06. The van der Waals surface area contributed by atoms with E-state index in [9.17, 15) is 9.18 Å². The predicted molar refractivity (Wildman–Crippen MR) is 117 cm³/mol. The van der Waals surface area contributed by atoms with Gasteiger partial charge in [0.25, 0.3) is 5.91 Å². The largest absolute Gasteiger partial charge is 0.369 e. The Kier molecular flexibility index (Phi) is 5.75. The zero-order valence-corrected chi connectivity index (χ0v) is 16.9. The fraction of sp³-hybridized carbons (Fsp3) is 0.238. The van der Waals surface area contributed by atoms with Gasteiger partial charge in [-0.15, -0.1) is 0 Å². The van der Waals surface area contributed by atoms with Crippen LogP contribution in [-0.4, -0.2) is 52.9 Å². The zero-order chi connectivity index (χ0) is 19.5. The summed E-state index contributed by atoms with van der Waals surface area (Å²) < 4.78 is 13.9. The fourth-order valence-corrected chi connectivity index (χ4v) is 4.60. The first kappa shape index (κ1) is 19.1. The van der Waals surface area contributed by atoms with Gasteiger partial charge >= 0.3 is 0 Å². The molecule has 2 aliphatic rings. The van der Waals surface area contributed by atoms with Crippen LogP contribution in [0.1, 0.15) is 5.56 Å². The molecule has 144 valence electrons. The SMILES string of the molecule is O=C1/C(=C/c2cccc(F)c2)SC(=S)N1CN1CCN(c2ccccc2)CC1. The molecule has 2 aromatic carbocycles. The average molecular weight is 414 g/mol. The molecule has 2 aromatic rings. The molecular formula is C21H20FN3OS2. The van der Waals surface area contributed by atoms with Crippen LogP contribution in [0.25, 0.3) is 6.08 Å². The van der Waals surface area contributed by atoms with Crippen LogP contribution in [0.4, 0.5) is 10.1 Å². The highest BCUT2D eigenvalue weighted by Crippen LogP contribution is 2.33. The second-order valence-corrected chi connectivity index (χ2v) is 8.42. The van der Waals surface area contributed by atoms with Crippen LogP contribution in [0.2, 0.25) is 0 Å². The van der Waals surface area contributed by atoms with Crippen molar-refractivity contribution < 1.29 is 9.18 Å². The molecule has 0 N–H and O–H groups in total. The van der Waals surface area contributed by atoms with E-state index in [2.05, 4.69) is 21.9 Å². The Labute approximate surface area is 173 Å². The van der Waals surface area contributed by atoms with E-state index >= 15 is 0 Å². The van der Waals surface area contributed by atoms with E-state index in [1.807, 2.05) is 18.2 Å². The minimum atomic E-state index is -0.319. The molecular weight excluding hydrogens is 393 g/mol. The second-order valence-electron chi connectivity index (χ2n) is 6.75. The molecule has 2 fully saturated rings. The summed E-state index contributed by atoms with van der Waals surface area (Å²) >= 11 is 6.70. The molecule has 0 spiro atoms. The van der Waals surface area contributed by atoms with E-state index < -0.39 is 0 Å². The molecule has 0 atom stereocenters. The average Bonchev–Trinajstić information content (AvgIpc) is 2.97. The number of benzene rings is 2. The molecule has 2 saturated heterocycles. The third-order valence-electron chi connectivity index (χ3n) is 4.86. The second kappa shape index (κ2) is 8.43. The zero-order valence-electron chi connectivity index (χ0n) is 15.3. The molecule has 0 aromatic heterocycles. The molecule has 1 amide bonds. The van der Waals surface area contributed by atoms with Crippen LogP contribution in [-0.2, 0) is 4.79 Å². The van der Waals surface area contributed by atoms with Crippen molar-refractivity contribution in [3.05, 3.63) is 70.9 Å². The Morgan fingerprint density at radius 1 is 1.04 bits per heavy atom. The first-order valence-corrected chi connectivity index (χ1v) is 10.4. The molecule has 4 nitrogen and oxygen atoms in total. The number of carbonyl (C=O) groups is 1. The Morgan fingerprint density at radius 2 is 1.79 bits per heavy atom. The Hall–Kier alpha value is -2.22. The van der Waals surface area contributed by atoms with Gasteiger partial charge in [0.05, 0.1) is 11.6 Å². The normalized spacial score (nSPS) is 19.7. The van der Waals surface area contributed by atoms with Crippen LogP contribution in [0.15, 0.2) is 59.5 Å². The number of hydrogen-bond donors (Lipinski definition) is 0. The number of carbonyl (C=O) groups excluding carboxylic acids is 1. The lowest BCUT2D eigenvalue weighted by Gasteiger charge is -2.37. The third kappa shape index (κ3) is 4.27. The van der Waals surface area contributed by atoms with Crippen molar-refractivity contribution >= 4 is 46.0 Å². The highest BCUT2D eigenvalue weighted by molar-refractivity contribution is 8.26. The summed E-state index contributed by atoms with van der Waals surface area (Å²) in [6.07, 6.45) is 1.70. The van der Waals surface area contributed by atoms with Crippen molar-refractivity contribution in [3.63, 3.8) is 0 Å². The van der Waals surface area contributed by atoms with Gasteiger partial charge in [-0.1, -0.05) is 54.3 Å². The highest BCUT2D eigenvalue weighted by Gasteiger charge is 2.33. The number of thiocarbonyl (C=S) groups is 1. The number of amides is 1. The number of nitrogens with zero attached hydrogens (tertiary/aromatic N) is 3. The minimum Gasteiger partial charge on any atom is -0.369 e. The summed E-state index contributed by atoms with van der Waals surface area (Å²) in [5.41, 5.74) is 1.89. The number of hydrogen-bond acceptors (Lipinski definition) is 5. The topological polar surface area (TPSA) is 26.8 Å². The predicted octanol–water partition coefficient (Wildman–Crippen LogP) is 3.81. The van der Waals surface area contributed by atoms with Crippen molar-refractivity contribution in [2.45, 2.75) is 0 Å². The molecule has 0 aliphatic carbocycles. The van der Waals surface area contributed by atoms with Gasteiger partial charge in [-0.25, -0.2) is 4.39 Å². The van der Waals surface area contributed by atoms with Gasteiger partial charge in [0.1, 0.15) is 10.1 Å². The van der Waals surface area contributed by atoms with Gasteiger partial charge < -0.3 is 4.90 Å². The fourth-order valence-electron chi connectivity index (χ4n) is 3.36. The Morgan fingerprint density at radius 3 is 2.50 bits per heavy atom. The molecule has 7 heteroatoms. The smallest absolute Gasteiger partial charge is 0.267 e. The van der Waals surface area contributed by atoms with Gasteiger partial charge in [0, 0.05) is 31.9 Å². The summed E-state index contributed by atoms with van der Waals surface area (Å²) in [5.74, 6) is -0.426. The Bertz CT molecular complexity index is 911. The van der Waals surface area contributed by atoms with Crippen LogP contribution in [0.5, 0.6) is 0 Å². The number of para-hydroxylation sites is 1. The van der Waals surface area contributed by atoms with E-state index in [1.54, 1.807) is 23.1 Å². The van der Waals surface area contributed by atoms with Crippen molar-refractivity contribution in [3.8, 4) is 0 Å². The van der Waals surface area contributed by atoms with Crippen molar-refractivity contribution in [1.29, 1.82) is 0 Å². The maximum atomic E-state index is 13.4. The maximum absolute atomic E-state index is 13.4. The minimum absolute atomic E-state index is 0.107. The molecule has 0 saturated carbocycles. The monoisotopic (exact) mass is 413 g/mol. The van der Waals surface area contributed by atoms with Crippen molar-refractivity contribution in [1.82, 2.24) is 9.80 Å². The lowest BCUT2D eigenvalue weighted by atomic mass is 10.2. The number of rotatable bonds is 4. The Balaban J connectivity index is 1.38. The number of halogens is 1. The maximum Gasteiger partial charge on any atom is 0.267 e. The first-order valence-electron chi connectivity index (χ1n) is 9.13. The van der Waals surface area contributed by atoms with Crippen LogP contribution in [0, 0.1) is 5.82 Å². The highest BCUT2D eigenvalue weighted by atomic mass is 32.2. The van der Waals surface area contributed by atoms with E-state index in [0.29, 0.717) is 21.5 Å².